The first kappa shape index (κ1) is 29.8. The van der Waals surface area contributed by atoms with E-state index in [1.54, 1.807) is 6.92 Å². The summed E-state index contributed by atoms with van der Waals surface area (Å²) in [7, 11) is 0. The topological polar surface area (TPSA) is 73.0 Å². The van der Waals surface area contributed by atoms with Gasteiger partial charge in [-0.05, 0) is 86.1 Å². The Hall–Kier alpha value is -3.19. The minimum absolute atomic E-state index is 0.0422. The van der Waals surface area contributed by atoms with E-state index in [9.17, 15) is 14.4 Å². The van der Waals surface area contributed by atoms with Crippen molar-refractivity contribution in [1.29, 1.82) is 0 Å². The average molecular weight is 547 g/mol. The third kappa shape index (κ3) is 8.17. The highest BCUT2D eigenvalue weighted by Gasteiger charge is 2.22. The third-order valence-corrected chi connectivity index (χ3v) is 8.03. The summed E-state index contributed by atoms with van der Waals surface area (Å²) in [6.07, 6.45) is 8.29. The number of amides is 3. The van der Waals surface area contributed by atoms with Crippen molar-refractivity contribution in [3.05, 3.63) is 59.2 Å². The molecule has 0 radical (unpaired) electrons. The SMILES string of the molecule is CC(=O)N1CCCCCCCN(CCC(C)C)Cc2cc(C(=O)NCc3cccc(N4CCCC4=O)c3)ccc21. The number of carbonyl (C=O) groups excluding carboxylic acids is 3. The molecule has 2 aliphatic rings. The first-order valence-corrected chi connectivity index (χ1v) is 15.1. The highest BCUT2D eigenvalue weighted by atomic mass is 16.2. The molecule has 3 amide bonds. The Bertz CT molecular complexity index is 1180. The van der Waals surface area contributed by atoms with Gasteiger partial charge >= 0.3 is 0 Å². The number of carbonyl (C=O) groups is 3. The van der Waals surface area contributed by atoms with E-state index in [-0.39, 0.29) is 17.7 Å². The zero-order valence-electron chi connectivity index (χ0n) is 24.6. The smallest absolute Gasteiger partial charge is 0.251 e. The Morgan fingerprint density at radius 1 is 0.925 bits per heavy atom. The molecule has 0 spiro atoms. The van der Waals surface area contributed by atoms with Gasteiger partial charge in [-0.15, -0.1) is 0 Å². The molecule has 2 aliphatic heterocycles. The lowest BCUT2D eigenvalue weighted by Crippen LogP contribution is -2.33. The summed E-state index contributed by atoms with van der Waals surface area (Å²) in [5, 5.41) is 3.07. The van der Waals surface area contributed by atoms with Gasteiger partial charge in [-0.25, -0.2) is 0 Å². The van der Waals surface area contributed by atoms with Gasteiger partial charge in [-0.1, -0.05) is 45.2 Å². The molecule has 40 heavy (non-hydrogen) atoms. The van der Waals surface area contributed by atoms with Crippen LogP contribution in [0.4, 0.5) is 11.4 Å². The molecule has 7 nitrogen and oxygen atoms in total. The van der Waals surface area contributed by atoms with Crippen molar-refractivity contribution >= 4 is 29.1 Å². The first-order chi connectivity index (χ1) is 19.3. The lowest BCUT2D eigenvalue weighted by atomic mass is 10.0. The quantitative estimate of drug-likeness (QED) is 0.469. The molecule has 216 valence electrons. The average Bonchev–Trinajstić information content (AvgIpc) is 3.36. The summed E-state index contributed by atoms with van der Waals surface area (Å²) >= 11 is 0. The highest BCUT2D eigenvalue weighted by Crippen LogP contribution is 2.27. The minimum Gasteiger partial charge on any atom is -0.348 e. The summed E-state index contributed by atoms with van der Waals surface area (Å²) in [4.78, 5) is 44.4. The van der Waals surface area contributed by atoms with Crippen molar-refractivity contribution in [2.24, 2.45) is 5.92 Å². The van der Waals surface area contributed by atoms with E-state index in [1.165, 1.54) is 19.3 Å². The third-order valence-electron chi connectivity index (χ3n) is 8.03. The number of rotatable bonds is 7. The van der Waals surface area contributed by atoms with E-state index < -0.39 is 0 Å². The van der Waals surface area contributed by atoms with Gasteiger partial charge in [0.05, 0.1) is 0 Å². The molecular weight excluding hydrogens is 500 g/mol. The summed E-state index contributed by atoms with van der Waals surface area (Å²) in [5.41, 5.74) is 4.40. The lowest BCUT2D eigenvalue weighted by molar-refractivity contribution is -0.117. The maximum absolute atomic E-state index is 13.3. The van der Waals surface area contributed by atoms with Crippen molar-refractivity contribution < 1.29 is 14.4 Å². The maximum atomic E-state index is 13.3. The molecule has 0 unspecified atom stereocenters. The molecule has 7 heteroatoms. The minimum atomic E-state index is -0.139. The summed E-state index contributed by atoms with van der Waals surface area (Å²) in [5.74, 6) is 0.677. The van der Waals surface area contributed by atoms with Gasteiger partial charge in [0.1, 0.15) is 0 Å². The van der Waals surface area contributed by atoms with Crippen molar-refractivity contribution in [3.63, 3.8) is 0 Å². The van der Waals surface area contributed by atoms with Crippen LogP contribution in [0.5, 0.6) is 0 Å². The molecular formula is C33H46N4O3. The van der Waals surface area contributed by atoms with Crippen molar-refractivity contribution in [3.8, 4) is 0 Å². The van der Waals surface area contributed by atoms with Gasteiger partial charge in [0, 0.05) is 56.5 Å². The normalized spacial score (nSPS) is 17.4. The van der Waals surface area contributed by atoms with Crippen LogP contribution in [0.3, 0.4) is 0 Å². The van der Waals surface area contributed by atoms with Gasteiger partial charge < -0.3 is 15.1 Å². The molecule has 0 saturated carbocycles. The molecule has 0 aromatic heterocycles. The van der Waals surface area contributed by atoms with Gasteiger partial charge in [-0.3, -0.25) is 19.3 Å². The van der Waals surface area contributed by atoms with Crippen molar-refractivity contribution in [2.45, 2.75) is 85.2 Å². The molecule has 1 fully saturated rings. The largest absolute Gasteiger partial charge is 0.348 e. The first-order valence-electron chi connectivity index (χ1n) is 15.1. The van der Waals surface area contributed by atoms with Gasteiger partial charge in [0.25, 0.3) is 5.91 Å². The van der Waals surface area contributed by atoms with Gasteiger partial charge in [-0.2, -0.15) is 0 Å². The molecule has 1 N–H and O–H groups in total. The maximum Gasteiger partial charge on any atom is 0.251 e. The summed E-state index contributed by atoms with van der Waals surface area (Å²) in [6.45, 7) is 10.7. The van der Waals surface area contributed by atoms with E-state index in [0.717, 1.165) is 74.4 Å². The Kier molecular flexibility index (Phi) is 10.8. The van der Waals surface area contributed by atoms with Crippen LogP contribution in [-0.4, -0.2) is 48.8 Å². The Balaban J connectivity index is 1.54. The molecule has 2 heterocycles. The summed E-state index contributed by atoms with van der Waals surface area (Å²) < 4.78 is 0. The van der Waals surface area contributed by atoms with Crippen LogP contribution < -0.4 is 15.1 Å². The number of benzene rings is 2. The molecule has 2 aromatic rings. The monoisotopic (exact) mass is 546 g/mol. The fourth-order valence-electron chi connectivity index (χ4n) is 5.69. The van der Waals surface area contributed by atoms with Crippen LogP contribution in [0.1, 0.15) is 93.6 Å². The number of anilines is 2. The fourth-order valence-corrected chi connectivity index (χ4v) is 5.69. The Morgan fingerprint density at radius 3 is 2.42 bits per heavy atom. The molecule has 0 aliphatic carbocycles. The molecule has 2 aromatic carbocycles. The Morgan fingerprint density at radius 2 is 1.70 bits per heavy atom. The molecule has 4 rings (SSSR count). The molecule has 0 bridgehead atoms. The van der Waals surface area contributed by atoms with Gasteiger partial charge in [0.15, 0.2) is 0 Å². The second-order valence-corrected chi connectivity index (χ2v) is 11.7. The van der Waals surface area contributed by atoms with Crippen LogP contribution in [-0.2, 0) is 22.7 Å². The second-order valence-electron chi connectivity index (χ2n) is 11.7. The number of hydrogen-bond acceptors (Lipinski definition) is 4. The van der Waals surface area contributed by atoms with E-state index in [1.807, 2.05) is 52.3 Å². The van der Waals surface area contributed by atoms with Crippen LogP contribution in [0, 0.1) is 5.92 Å². The van der Waals surface area contributed by atoms with Crippen molar-refractivity contribution in [2.75, 3.05) is 36.0 Å². The lowest BCUT2D eigenvalue weighted by Gasteiger charge is -2.29. The van der Waals surface area contributed by atoms with Crippen LogP contribution in [0.2, 0.25) is 0 Å². The van der Waals surface area contributed by atoms with Gasteiger partial charge in [0.2, 0.25) is 11.8 Å². The van der Waals surface area contributed by atoms with Crippen molar-refractivity contribution in [1.82, 2.24) is 10.2 Å². The molecule has 1 saturated heterocycles. The zero-order valence-corrected chi connectivity index (χ0v) is 24.6. The fraction of sp³-hybridized carbons (Fsp3) is 0.545. The Labute approximate surface area is 239 Å². The van der Waals surface area contributed by atoms with E-state index in [0.29, 0.717) is 31.0 Å². The predicted octanol–water partition coefficient (Wildman–Crippen LogP) is 5.91. The molecule has 0 atom stereocenters. The second kappa shape index (κ2) is 14.4. The number of nitrogens with one attached hydrogen (secondary N) is 1. The predicted molar refractivity (Wildman–Crippen MR) is 161 cm³/mol. The van der Waals surface area contributed by atoms with Crippen LogP contribution in [0.15, 0.2) is 42.5 Å². The highest BCUT2D eigenvalue weighted by molar-refractivity contribution is 5.97. The van der Waals surface area contributed by atoms with Crippen LogP contribution in [0.25, 0.3) is 0 Å². The van der Waals surface area contributed by atoms with E-state index >= 15 is 0 Å². The number of nitrogens with zero attached hydrogens (tertiary/aromatic N) is 3. The van der Waals surface area contributed by atoms with E-state index in [2.05, 4.69) is 24.1 Å². The zero-order chi connectivity index (χ0) is 28.5. The summed E-state index contributed by atoms with van der Waals surface area (Å²) in [6, 6.07) is 13.6. The van der Waals surface area contributed by atoms with E-state index in [4.69, 9.17) is 0 Å². The number of hydrogen-bond donors (Lipinski definition) is 1. The number of fused-ring (bicyclic) bond motifs is 1. The standard InChI is InChI=1S/C33H46N4O3/c1-25(2)16-20-35-17-7-5-4-6-8-18-36(26(3)38)31-15-14-28(22-29(31)24-35)33(40)34-23-27-11-9-12-30(21-27)37-19-10-13-32(37)39/h9,11-12,14-15,21-22,25H,4-8,10,13,16-20,23-24H2,1-3H3,(H,34,40). The van der Waals surface area contributed by atoms with Crippen LogP contribution >= 0.6 is 0 Å².